The van der Waals surface area contributed by atoms with Gasteiger partial charge >= 0.3 is 12.0 Å². The fourth-order valence-electron chi connectivity index (χ4n) is 1.72. The van der Waals surface area contributed by atoms with Gasteiger partial charge in [0.05, 0.1) is 7.11 Å². The molecular formula is C14H20N2O5. The Labute approximate surface area is 123 Å². The minimum Gasteiger partial charge on any atom is -0.497 e. The van der Waals surface area contributed by atoms with Crippen molar-refractivity contribution in [3.05, 3.63) is 29.8 Å². The number of nitrogens with one attached hydrogen (secondary N) is 1. The van der Waals surface area contributed by atoms with Crippen molar-refractivity contribution in [2.75, 3.05) is 20.8 Å². The van der Waals surface area contributed by atoms with Gasteiger partial charge < -0.3 is 25.2 Å². The number of hydrogen-bond acceptors (Lipinski definition) is 4. The molecule has 7 heteroatoms. The first-order valence-electron chi connectivity index (χ1n) is 6.46. The monoisotopic (exact) mass is 296 g/mol. The molecular weight excluding hydrogens is 276 g/mol. The first-order valence-corrected chi connectivity index (χ1v) is 6.46. The molecule has 1 aromatic carbocycles. The van der Waals surface area contributed by atoms with E-state index in [9.17, 15) is 9.59 Å². The van der Waals surface area contributed by atoms with Crippen molar-refractivity contribution in [1.29, 1.82) is 0 Å². The molecule has 2 amide bonds. The van der Waals surface area contributed by atoms with Gasteiger partial charge in [-0.2, -0.15) is 0 Å². The molecule has 0 fully saturated rings. The molecule has 7 nitrogen and oxygen atoms in total. The number of carbonyl (C=O) groups is 2. The Bertz CT molecular complexity index is 475. The van der Waals surface area contributed by atoms with E-state index in [2.05, 4.69) is 5.32 Å². The Balaban J connectivity index is 2.58. The van der Waals surface area contributed by atoms with E-state index in [0.29, 0.717) is 6.54 Å². The number of nitrogens with zero attached hydrogens (tertiary/aromatic N) is 1. The van der Waals surface area contributed by atoms with Crippen molar-refractivity contribution >= 4 is 12.0 Å². The van der Waals surface area contributed by atoms with Gasteiger partial charge in [-0.3, -0.25) is 0 Å². The average molecular weight is 296 g/mol. The van der Waals surface area contributed by atoms with Crippen molar-refractivity contribution in [1.82, 2.24) is 10.2 Å². The third-order valence-corrected chi connectivity index (χ3v) is 2.94. The van der Waals surface area contributed by atoms with Crippen LogP contribution in [-0.2, 0) is 11.3 Å². The first kappa shape index (κ1) is 16.8. The maximum atomic E-state index is 11.9. The number of rotatable bonds is 7. The van der Waals surface area contributed by atoms with Crippen LogP contribution < -0.4 is 10.1 Å². The largest absolute Gasteiger partial charge is 0.497 e. The number of carboxylic acids is 1. The lowest BCUT2D eigenvalue weighted by Crippen LogP contribution is -2.46. The molecule has 0 spiro atoms. The molecule has 1 atom stereocenters. The molecule has 0 unspecified atom stereocenters. The zero-order chi connectivity index (χ0) is 15.8. The lowest BCUT2D eigenvalue weighted by atomic mass is 10.2. The Kier molecular flexibility index (Phi) is 6.48. The number of aliphatic hydroxyl groups is 1. The highest BCUT2D eigenvalue weighted by Gasteiger charge is 2.21. The van der Waals surface area contributed by atoms with E-state index in [4.69, 9.17) is 14.9 Å². The van der Waals surface area contributed by atoms with Gasteiger partial charge in [0.1, 0.15) is 11.8 Å². The van der Waals surface area contributed by atoms with Crippen molar-refractivity contribution < 1.29 is 24.5 Å². The van der Waals surface area contributed by atoms with E-state index in [1.165, 1.54) is 4.90 Å². The molecule has 0 saturated carbocycles. The van der Waals surface area contributed by atoms with Crippen LogP contribution in [0.25, 0.3) is 0 Å². The second kappa shape index (κ2) is 8.11. The smallest absolute Gasteiger partial charge is 0.326 e. The van der Waals surface area contributed by atoms with E-state index in [-0.39, 0.29) is 13.0 Å². The second-order valence-corrected chi connectivity index (χ2v) is 4.56. The molecule has 0 radical (unpaired) electrons. The Hall–Kier alpha value is -2.28. The number of hydrogen-bond donors (Lipinski definition) is 3. The summed E-state index contributed by atoms with van der Waals surface area (Å²) in [5.41, 5.74) is 0.891. The zero-order valence-corrected chi connectivity index (χ0v) is 12.1. The summed E-state index contributed by atoms with van der Waals surface area (Å²) in [7, 11) is 3.14. The fraction of sp³-hybridized carbons (Fsp3) is 0.429. The van der Waals surface area contributed by atoms with Gasteiger partial charge in [0, 0.05) is 26.6 Å². The Morgan fingerprint density at radius 2 is 1.95 bits per heavy atom. The van der Waals surface area contributed by atoms with Gasteiger partial charge in [-0.05, 0) is 17.7 Å². The summed E-state index contributed by atoms with van der Waals surface area (Å²) in [5.74, 6) is -0.449. The Morgan fingerprint density at radius 1 is 1.33 bits per heavy atom. The van der Waals surface area contributed by atoms with Gasteiger partial charge in [0.25, 0.3) is 0 Å². The molecule has 1 rings (SSSR count). The molecule has 0 aliphatic rings. The summed E-state index contributed by atoms with van der Waals surface area (Å²) >= 11 is 0. The number of methoxy groups -OCH3 is 1. The average Bonchev–Trinajstić information content (AvgIpc) is 2.47. The summed E-state index contributed by atoms with van der Waals surface area (Å²) in [4.78, 5) is 24.2. The fourth-order valence-corrected chi connectivity index (χ4v) is 1.72. The number of aliphatic carboxylic acids is 1. The third kappa shape index (κ3) is 5.31. The summed E-state index contributed by atoms with van der Waals surface area (Å²) in [6, 6.07) is 5.61. The summed E-state index contributed by atoms with van der Waals surface area (Å²) in [5, 5.41) is 20.1. The van der Waals surface area contributed by atoms with Gasteiger partial charge in [0.2, 0.25) is 0 Å². The molecule has 0 aromatic heterocycles. The van der Waals surface area contributed by atoms with Crippen LogP contribution >= 0.6 is 0 Å². The minimum atomic E-state index is -1.17. The van der Waals surface area contributed by atoms with Crippen molar-refractivity contribution in [2.24, 2.45) is 0 Å². The molecule has 0 aliphatic heterocycles. The number of urea groups is 1. The molecule has 116 valence electrons. The standard InChI is InChI=1S/C14H20N2O5/c1-16(9-10-3-5-11(21-2)6-4-10)14(20)15-12(7-8-17)13(18)19/h3-6,12,17H,7-9H2,1-2H3,(H,15,20)(H,18,19)/t12-/m0/s1. The number of ether oxygens (including phenoxy) is 1. The predicted molar refractivity (Wildman–Crippen MR) is 76.1 cm³/mol. The number of amides is 2. The summed E-state index contributed by atoms with van der Waals surface area (Å²) in [6.07, 6.45) is -0.0303. The van der Waals surface area contributed by atoms with Crippen molar-refractivity contribution in [2.45, 2.75) is 19.0 Å². The van der Waals surface area contributed by atoms with Crippen LogP contribution in [-0.4, -0.2) is 53.9 Å². The molecule has 0 saturated heterocycles. The van der Waals surface area contributed by atoms with Gasteiger partial charge in [0.15, 0.2) is 0 Å². The van der Waals surface area contributed by atoms with E-state index in [1.54, 1.807) is 26.3 Å². The molecule has 0 bridgehead atoms. The van der Waals surface area contributed by atoms with E-state index < -0.39 is 18.0 Å². The molecule has 0 heterocycles. The van der Waals surface area contributed by atoms with Crippen LogP contribution in [0.2, 0.25) is 0 Å². The van der Waals surface area contributed by atoms with Crippen LogP contribution in [0.15, 0.2) is 24.3 Å². The molecule has 0 aliphatic carbocycles. The van der Waals surface area contributed by atoms with Crippen LogP contribution in [0.1, 0.15) is 12.0 Å². The van der Waals surface area contributed by atoms with E-state index in [0.717, 1.165) is 11.3 Å². The van der Waals surface area contributed by atoms with E-state index in [1.807, 2.05) is 12.1 Å². The summed E-state index contributed by atoms with van der Waals surface area (Å²) in [6.45, 7) is 0.0285. The molecule has 21 heavy (non-hydrogen) atoms. The highest BCUT2D eigenvalue weighted by atomic mass is 16.5. The van der Waals surface area contributed by atoms with Crippen LogP contribution in [0.3, 0.4) is 0 Å². The number of benzene rings is 1. The van der Waals surface area contributed by atoms with Crippen LogP contribution in [0.5, 0.6) is 5.75 Å². The predicted octanol–water partition coefficient (Wildman–Crippen LogP) is 0.672. The summed E-state index contributed by atoms with van der Waals surface area (Å²) < 4.78 is 5.05. The van der Waals surface area contributed by atoms with Crippen LogP contribution in [0.4, 0.5) is 4.79 Å². The number of carbonyl (C=O) groups excluding carboxylic acids is 1. The topological polar surface area (TPSA) is 99.1 Å². The first-order chi connectivity index (χ1) is 9.97. The van der Waals surface area contributed by atoms with Crippen molar-refractivity contribution in [3.8, 4) is 5.75 Å². The van der Waals surface area contributed by atoms with Crippen molar-refractivity contribution in [3.63, 3.8) is 0 Å². The highest BCUT2D eigenvalue weighted by Crippen LogP contribution is 2.12. The number of carboxylic acid groups (broad SMARTS) is 1. The minimum absolute atomic E-state index is 0.0303. The normalized spacial score (nSPS) is 11.6. The number of aliphatic hydroxyl groups excluding tert-OH is 1. The lowest BCUT2D eigenvalue weighted by molar-refractivity contribution is -0.139. The SMILES string of the molecule is COc1ccc(CN(C)C(=O)N[C@@H](CCO)C(=O)O)cc1. The Morgan fingerprint density at radius 3 is 2.43 bits per heavy atom. The maximum absolute atomic E-state index is 11.9. The van der Waals surface area contributed by atoms with E-state index >= 15 is 0 Å². The van der Waals surface area contributed by atoms with Gasteiger partial charge in [-0.15, -0.1) is 0 Å². The molecule has 3 N–H and O–H groups in total. The lowest BCUT2D eigenvalue weighted by Gasteiger charge is -2.21. The van der Waals surface area contributed by atoms with Crippen LogP contribution in [0, 0.1) is 0 Å². The zero-order valence-electron chi connectivity index (χ0n) is 12.1. The highest BCUT2D eigenvalue weighted by molar-refractivity contribution is 5.82. The van der Waals surface area contributed by atoms with Gasteiger partial charge in [-0.25, -0.2) is 9.59 Å². The second-order valence-electron chi connectivity index (χ2n) is 4.56. The molecule has 1 aromatic rings. The maximum Gasteiger partial charge on any atom is 0.326 e. The van der Waals surface area contributed by atoms with Gasteiger partial charge in [-0.1, -0.05) is 12.1 Å². The quantitative estimate of drug-likeness (QED) is 0.687. The third-order valence-electron chi connectivity index (χ3n) is 2.94.